The Bertz CT molecular complexity index is 843. The number of hydrogen-bond acceptors (Lipinski definition) is 6. The van der Waals surface area contributed by atoms with Gasteiger partial charge in [0.2, 0.25) is 0 Å². The summed E-state index contributed by atoms with van der Waals surface area (Å²) < 4.78 is 5.48. The number of methoxy groups -OCH3 is 1. The highest BCUT2D eigenvalue weighted by Crippen LogP contribution is 2.35. The van der Waals surface area contributed by atoms with Crippen LogP contribution in [0.5, 0.6) is 5.75 Å². The quantitative estimate of drug-likeness (QED) is 0.582. The Hall–Kier alpha value is -2.96. The molecule has 0 unspecified atom stereocenters. The normalized spacial score (nSPS) is 17.1. The summed E-state index contributed by atoms with van der Waals surface area (Å²) >= 11 is 0. The average Bonchev–Trinajstić information content (AvgIpc) is 3.28. The summed E-state index contributed by atoms with van der Waals surface area (Å²) in [7, 11) is 1.68. The van der Waals surface area contributed by atoms with Gasteiger partial charge < -0.3 is 19.4 Å². The lowest BCUT2D eigenvalue weighted by Gasteiger charge is -2.37. The van der Waals surface area contributed by atoms with E-state index in [1.54, 1.807) is 13.2 Å². The minimum absolute atomic E-state index is 0.189. The zero-order valence-electron chi connectivity index (χ0n) is 16.2. The van der Waals surface area contributed by atoms with Crippen LogP contribution in [0, 0.1) is 10.1 Å². The molecule has 2 heterocycles. The molecule has 0 N–H and O–H groups in total. The first kappa shape index (κ1) is 18.4. The molecular weight excluding hydrogens is 356 g/mol. The van der Waals surface area contributed by atoms with E-state index in [4.69, 9.17) is 4.74 Å². The third kappa shape index (κ3) is 3.56. The fraction of sp³-hybridized carbons (Fsp3) is 0.429. The highest BCUT2D eigenvalue weighted by Gasteiger charge is 2.26. The van der Waals surface area contributed by atoms with Crippen LogP contribution in [0.4, 0.5) is 22.7 Å². The van der Waals surface area contributed by atoms with E-state index in [2.05, 4.69) is 20.8 Å². The highest BCUT2D eigenvalue weighted by molar-refractivity contribution is 5.71. The number of ether oxygens (including phenoxy) is 1. The maximum atomic E-state index is 11.6. The van der Waals surface area contributed by atoms with E-state index < -0.39 is 0 Å². The van der Waals surface area contributed by atoms with Crippen molar-refractivity contribution in [2.45, 2.75) is 12.8 Å². The lowest BCUT2D eigenvalue weighted by Crippen LogP contribution is -2.46. The van der Waals surface area contributed by atoms with Crippen LogP contribution in [-0.2, 0) is 0 Å². The first-order chi connectivity index (χ1) is 13.7. The Balaban J connectivity index is 1.55. The summed E-state index contributed by atoms with van der Waals surface area (Å²) in [5.41, 5.74) is 3.08. The van der Waals surface area contributed by atoms with Crippen LogP contribution in [0.2, 0.25) is 0 Å². The van der Waals surface area contributed by atoms with Crippen LogP contribution in [0.1, 0.15) is 12.8 Å². The maximum absolute atomic E-state index is 11.6. The molecule has 0 bridgehead atoms. The fourth-order valence-electron chi connectivity index (χ4n) is 4.17. The summed E-state index contributed by atoms with van der Waals surface area (Å²) in [6.45, 7) is 5.12. The molecule has 148 valence electrons. The van der Waals surface area contributed by atoms with Gasteiger partial charge in [-0.15, -0.1) is 0 Å². The molecule has 0 atom stereocenters. The van der Waals surface area contributed by atoms with Crippen molar-refractivity contribution in [3.8, 4) is 5.75 Å². The predicted molar refractivity (Wildman–Crippen MR) is 112 cm³/mol. The van der Waals surface area contributed by atoms with E-state index in [0.717, 1.165) is 62.1 Å². The van der Waals surface area contributed by atoms with Crippen molar-refractivity contribution < 1.29 is 9.66 Å². The van der Waals surface area contributed by atoms with Gasteiger partial charge in [-0.1, -0.05) is 12.1 Å². The molecule has 0 spiro atoms. The second-order valence-electron chi connectivity index (χ2n) is 7.27. The van der Waals surface area contributed by atoms with Crippen molar-refractivity contribution in [2.75, 3.05) is 61.1 Å². The van der Waals surface area contributed by atoms with Gasteiger partial charge in [-0.3, -0.25) is 10.1 Å². The minimum atomic E-state index is -0.268. The fourth-order valence-corrected chi connectivity index (χ4v) is 4.17. The molecule has 7 heteroatoms. The number of nitrogens with zero attached hydrogens (tertiary/aromatic N) is 4. The summed E-state index contributed by atoms with van der Waals surface area (Å²) in [5, 5.41) is 11.6. The van der Waals surface area contributed by atoms with Gasteiger partial charge >= 0.3 is 0 Å². The number of piperazine rings is 1. The summed E-state index contributed by atoms with van der Waals surface area (Å²) in [6.07, 6.45) is 2.37. The molecule has 7 nitrogen and oxygen atoms in total. The van der Waals surface area contributed by atoms with E-state index in [1.165, 1.54) is 12.8 Å². The smallest absolute Gasteiger partial charge is 0.292 e. The topological polar surface area (TPSA) is 62.1 Å². The Morgan fingerprint density at radius 2 is 1.50 bits per heavy atom. The molecule has 2 fully saturated rings. The molecule has 0 saturated carbocycles. The molecular formula is C21H26N4O3. The molecule has 0 aromatic heterocycles. The van der Waals surface area contributed by atoms with E-state index in [9.17, 15) is 10.1 Å². The SMILES string of the molecule is COc1ccccc1N1CCN(c2cc(N3CCCC3)ccc2[N+](=O)[O-])CC1. The Morgan fingerprint density at radius 3 is 2.14 bits per heavy atom. The number of anilines is 3. The van der Waals surface area contributed by atoms with Crippen LogP contribution >= 0.6 is 0 Å². The second-order valence-corrected chi connectivity index (χ2v) is 7.27. The van der Waals surface area contributed by atoms with Gasteiger partial charge in [-0.05, 0) is 37.1 Å². The Morgan fingerprint density at radius 1 is 0.857 bits per heavy atom. The van der Waals surface area contributed by atoms with Gasteiger partial charge in [0.25, 0.3) is 5.69 Å². The van der Waals surface area contributed by atoms with Crippen molar-refractivity contribution in [3.05, 3.63) is 52.6 Å². The Labute approximate surface area is 165 Å². The van der Waals surface area contributed by atoms with Gasteiger partial charge in [0.05, 0.1) is 17.7 Å². The van der Waals surface area contributed by atoms with Gasteiger partial charge in [0, 0.05) is 51.0 Å². The summed E-state index contributed by atoms with van der Waals surface area (Å²) in [6, 6.07) is 13.5. The van der Waals surface area contributed by atoms with Crippen LogP contribution in [0.25, 0.3) is 0 Å². The standard InChI is InChI=1S/C21H26N4O3/c1-28-21-7-3-2-6-19(21)23-12-14-24(15-13-23)20-16-17(22-10-4-5-11-22)8-9-18(20)25(26)27/h2-3,6-9,16H,4-5,10-15H2,1H3. The van der Waals surface area contributed by atoms with Crippen molar-refractivity contribution in [1.82, 2.24) is 0 Å². The number of nitro benzene ring substituents is 1. The van der Waals surface area contributed by atoms with Crippen molar-refractivity contribution in [1.29, 1.82) is 0 Å². The molecule has 0 amide bonds. The van der Waals surface area contributed by atoms with Gasteiger partial charge in [0.1, 0.15) is 11.4 Å². The lowest BCUT2D eigenvalue weighted by atomic mass is 10.1. The van der Waals surface area contributed by atoms with E-state index in [-0.39, 0.29) is 10.6 Å². The van der Waals surface area contributed by atoms with E-state index in [1.807, 2.05) is 30.3 Å². The maximum Gasteiger partial charge on any atom is 0.292 e. The lowest BCUT2D eigenvalue weighted by molar-refractivity contribution is -0.384. The number of rotatable bonds is 5. The van der Waals surface area contributed by atoms with Crippen molar-refractivity contribution >= 4 is 22.7 Å². The zero-order valence-corrected chi connectivity index (χ0v) is 16.2. The van der Waals surface area contributed by atoms with Crippen LogP contribution in [0.3, 0.4) is 0 Å². The number of benzene rings is 2. The minimum Gasteiger partial charge on any atom is -0.495 e. The average molecular weight is 382 g/mol. The first-order valence-electron chi connectivity index (χ1n) is 9.83. The third-order valence-electron chi connectivity index (χ3n) is 5.67. The molecule has 2 saturated heterocycles. The number of hydrogen-bond donors (Lipinski definition) is 0. The molecule has 2 aliphatic rings. The monoisotopic (exact) mass is 382 g/mol. The molecule has 2 aromatic rings. The van der Waals surface area contributed by atoms with Crippen molar-refractivity contribution in [3.63, 3.8) is 0 Å². The highest BCUT2D eigenvalue weighted by atomic mass is 16.6. The van der Waals surface area contributed by atoms with Crippen LogP contribution < -0.4 is 19.4 Å². The Kier molecular flexibility index (Phi) is 5.23. The molecule has 2 aliphatic heterocycles. The second kappa shape index (κ2) is 7.96. The molecule has 2 aromatic carbocycles. The molecule has 0 radical (unpaired) electrons. The van der Waals surface area contributed by atoms with Crippen LogP contribution in [-0.4, -0.2) is 51.3 Å². The zero-order chi connectivity index (χ0) is 19.5. The predicted octanol–water partition coefficient (Wildman–Crippen LogP) is 3.53. The van der Waals surface area contributed by atoms with E-state index in [0.29, 0.717) is 0 Å². The molecule has 0 aliphatic carbocycles. The summed E-state index contributed by atoms with van der Waals surface area (Å²) in [4.78, 5) is 18.1. The van der Waals surface area contributed by atoms with E-state index >= 15 is 0 Å². The third-order valence-corrected chi connectivity index (χ3v) is 5.67. The summed E-state index contributed by atoms with van der Waals surface area (Å²) in [5.74, 6) is 0.859. The van der Waals surface area contributed by atoms with Gasteiger partial charge in [0.15, 0.2) is 0 Å². The first-order valence-corrected chi connectivity index (χ1v) is 9.83. The van der Waals surface area contributed by atoms with Gasteiger partial charge in [-0.2, -0.15) is 0 Å². The van der Waals surface area contributed by atoms with Crippen LogP contribution in [0.15, 0.2) is 42.5 Å². The van der Waals surface area contributed by atoms with Gasteiger partial charge in [-0.25, -0.2) is 0 Å². The largest absolute Gasteiger partial charge is 0.495 e. The number of nitro groups is 1. The number of para-hydroxylation sites is 2. The van der Waals surface area contributed by atoms with Crippen molar-refractivity contribution in [2.24, 2.45) is 0 Å². The molecule has 4 rings (SSSR count). The molecule has 28 heavy (non-hydrogen) atoms.